The number of piperazine rings is 1. The standard InChI is InChI=1S/C27H27FN4O3/c1-17-7-10-23-25(13-17)35-24-15-21(34-3)8-9-22(24)26(30-23)31-11-12-32(18(2)16-31)27(33)29-20-6-4-5-19(28)14-20/h4-10,13-15,18H,11-12,16H2,1-3H3,(H,29,33). The van der Waals surface area contributed by atoms with E-state index >= 15 is 0 Å². The summed E-state index contributed by atoms with van der Waals surface area (Å²) in [6.45, 7) is 5.68. The number of methoxy groups -OCH3 is 1. The zero-order chi connectivity index (χ0) is 24.5. The number of carbonyl (C=O) groups is 1. The van der Waals surface area contributed by atoms with Crippen molar-refractivity contribution in [2.24, 2.45) is 4.99 Å². The molecule has 3 aromatic carbocycles. The highest BCUT2D eigenvalue weighted by atomic mass is 19.1. The van der Waals surface area contributed by atoms with Crippen LogP contribution in [0.25, 0.3) is 0 Å². The number of hydrogen-bond donors (Lipinski definition) is 1. The molecular weight excluding hydrogens is 447 g/mol. The van der Waals surface area contributed by atoms with Crippen molar-refractivity contribution in [1.82, 2.24) is 9.80 Å². The molecule has 0 radical (unpaired) electrons. The van der Waals surface area contributed by atoms with Gasteiger partial charge in [0.05, 0.1) is 12.7 Å². The van der Waals surface area contributed by atoms with Crippen LogP contribution in [0.2, 0.25) is 0 Å². The summed E-state index contributed by atoms with van der Waals surface area (Å²) in [6, 6.07) is 17.2. The molecule has 0 spiro atoms. The summed E-state index contributed by atoms with van der Waals surface area (Å²) in [5.74, 6) is 2.47. The molecule has 1 atom stereocenters. The first-order valence-corrected chi connectivity index (χ1v) is 11.5. The van der Waals surface area contributed by atoms with E-state index in [2.05, 4.69) is 10.2 Å². The lowest BCUT2D eigenvalue weighted by Crippen LogP contribution is -2.56. The molecule has 2 aliphatic rings. The van der Waals surface area contributed by atoms with Crippen molar-refractivity contribution < 1.29 is 18.7 Å². The number of amides is 2. The average Bonchev–Trinajstić information content (AvgIpc) is 2.99. The van der Waals surface area contributed by atoms with Crippen molar-refractivity contribution in [2.45, 2.75) is 19.9 Å². The molecule has 35 heavy (non-hydrogen) atoms. The molecule has 2 aliphatic heterocycles. The van der Waals surface area contributed by atoms with Crippen LogP contribution in [0.4, 0.5) is 20.6 Å². The predicted molar refractivity (Wildman–Crippen MR) is 134 cm³/mol. The third-order valence-corrected chi connectivity index (χ3v) is 6.26. The van der Waals surface area contributed by atoms with Gasteiger partial charge in [-0.1, -0.05) is 12.1 Å². The number of nitrogens with zero attached hydrogens (tertiary/aromatic N) is 3. The number of aliphatic imine (C=N–C) groups is 1. The Morgan fingerprint density at radius 1 is 1.11 bits per heavy atom. The van der Waals surface area contributed by atoms with E-state index in [0.29, 0.717) is 42.6 Å². The van der Waals surface area contributed by atoms with Crippen molar-refractivity contribution in [1.29, 1.82) is 0 Å². The van der Waals surface area contributed by atoms with E-state index in [1.165, 1.54) is 12.1 Å². The molecule has 8 heteroatoms. The van der Waals surface area contributed by atoms with Crippen LogP contribution in [0, 0.1) is 12.7 Å². The lowest BCUT2D eigenvalue weighted by Gasteiger charge is -2.41. The van der Waals surface area contributed by atoms with Crippen LogP contribution in [0.3, 0.4) is 0 Å². The van der Waals surface area contributed by atoms with Crippen molar-refractivity contribution in [3.63, 3.8) is 0 Å². The Kier molecular flexibility index (Phi) is 6.03. The van der Waals surface area contributed by atoms with E-state index < -0.39 is 0 Å². The van der Waals surface area contributed by atoms with Gasteiger partial charge in [-0.25, -0.2) is 14.2 Å². The predicted octanol–water partition coefficient (Wildman–Crippen LogP) is 5.56. The lowest BCUT2D eigenvalue weighted by molar-refractivity contribution is 0.145. The average molecular weight is 475 g/mol. The minimum atomic E-state index is -0.389. The van der Waals surface area contributed by atoms with Gasteiger partial charge in [-0.05, 0) is 61.9 Å². The second kappa shape index (κ2) is 9.29. The summed E-state index contributed by atoms with van der Waals surface area (Å²) in [7, 11) is 1.63. The SMILES string of the molecule is COc1ccc2c(c1)Oc1cc(C)ccc1N=C2N1CCN(C(=O)Nc2cccc(F)c2)C(C)C1. The molecule has 180 valence electrons. The fourth-order valence-electron chi connectivity index (χ4n) is 4.44. The highest BCUT2D eigenvalue weighted by Crippen LogP contribution is 2.40. The third-order valence-electron chi connectivity index (χ3n) is 6.26. The van der Waals surface area contributed by atoms with E-state index in [0.717, 1.165) is 22.6 Å². The zero-order valence-electron chi connectivity index (χ0n) is 19.9. The van der Waals surface area contributed by atoms with E-state index in [4.69, 9.17) is 14.5 Å². The molecule has 2 heterocycles. The van der Waals surface area contributed by atoms with E-state index in [-0.39, 0.29) is 17.9 Å². The van der Waals surface area contributed by atoms with Crippen molar-refractivity contribution in [3.05, 3.63) is 77.6 Å². The van der Waals surface area contributed by atoms with Gasteiger partial charge in [-0.2, -0.15) is 0 Å². The molecule has 0 bridgehead atoms. The fraction of sp³-hybridized carbons (Fsp3) is 0.259. The van der Waals surface area contributed by atoms with Crippen LogP contribution in [-0.2, 0) is 0 Å². The number of halogens is 1. The number of urea groups is 1. The van der Waals surface area contributed by atoms with Gasteiger partial charge in [0, 0.05) is 37.4 Å². The number of carbonyl (C=O) groups excluding carboxylic acids is 1. The van der Waals surface area contributed by atoms with E-state index in [1.54, 1.807) is 24.1 Å². The summed E-state index contributed by atoms with van der Waals surface area (Å²) in [5.41, 5.74) is 3.13. The Bertz CT molecular complexity index is 1310. The maximum atomic E-state index is 13.5. The molecule has 0 saturated carbocycles. The molecule has 7 nitrogen and oxygen atoms in total. The molecule has 5 rings (SSSR count). The number of hydrogen-bond acceptors (Lipinski definition) is 5. The van der Waals surface area contributed by atoms with Gasteiger partial charge in [0.1, 0.15) is 28.8 Å². The summed E-state index contributed by atoms with van der Waals surface area (Å²) >= 11 is 0. The molecule has 3 aromatic rings. The topological polar surface area (TPSA) is 66.4 Å². The number of anilines is 1. The molecule has 2 amide bonds. The quantitative estimate of drug-likeness (QED) is 0.528. The van der Waals surface area contributed by atoms with Gasteiger partial charge >= 0.3 is 6.03 Å². The van der Waals surface area contributed by atoms with Crippen LogP contribution < -0.4 is 14.8 Å². The first kappa shape index (κ1) is 22.7. The number of ether oxygens (including phenoxy) is 2. The number of amidine groups is 1. The Hall–Kier alpha value is -4.07. The van der Waals surface area contributed by atoms with Gasteiger partial charge in [0.25, 0.3) is 0 Å². The summed E-state index contributed by atoms with van der Waals surface area (Å²) in [4.78, 5) is 21.8. The van der Waals surface area contributed by atoms with Gasteiger partial charge in [-0.3, -0.25) is 0 Å². The lowest BCUT2D eigenvalue weighted by atomic mass is 10.1. The van der Waals surface area contributed by atoms with Crippen LogP contribution in [0.1, 0.15) is 18.1 Å². The van der Waals surface area contributed by atoms with Crippen LogP contribution in [-0.4, -0.2) is 54.5 Å². The number of nitrogens with one attached hydrogen (secondary N) is 1. The first-order chi connectivity index (χ1) is 16.9. The van der Waals surface area contributed by atoms with Crippen molar-refractivity contribution in [2.75, 3.05) is 32.1 Å². The van der Waals surface area contributed by atoms with E-state index in [9.17, 15) is 9.18 Å². The molecule has 1 fully saturated rings. The monoisotopic (exact) mass is 474 g/mol. The van der Waals surface area contributed by atoms with Gasteiger partial charge in [-0.15, -0.1) is 0 Å². The summed E-state index contributed by atoms with van der Waals surface area (Å²) in [6.07, 6.45) is 0. The smallest absolute Gasteiger partial charge is 0.322 e. The summed E-state index contributed by atoms with van der Waals surface area (Å²) < 4.78 is 25.2. The maximum Gasteiger partial charge on any atom is 0.322 e. The van der Waals surface area contributed by atoms with Gasteiger partial charge in [0.15, 0.2) is 5.75 Å². The van der Waals surface area contributed by atoms with Gasteiger partial charge < -0.3 is 24.6 Å². The first-order valence-electron chi connectivity index (χ1n) is 11.5. The minimum absolute atomic E-state index is 0.0941. The Balaban J connectivity index is 1.41. The molecule has 0 aromatic heterocycles. The second-order valence-electron chi connectivity index (χ2n) is 8.80. The largest absolute Gasteiger partial charge is 0.497 e. The molecule has 1 saturated heterocycles. The van der Waals surface area contributed by atoms with Crippen LogP contribution in [0.15, 0.2) is 65.7 Å². The minimum Gasteiger partial charge on any atom is -0.497 e. The molecule has 0 aliphatic carbocycles. The normalized spacial score (nSPS) is 16.9. The van der Waals surface area contributed by atoms with Crippen LogP contribution >= 0.6 is 0 Å². The maximum absolute atomic E-state index is 13.5. The highest BCUT2D eigenvalue weighted by Gasteiger charge is 2.32. The molecular formula is C27H27FN4O3. The fourth-order valence-corrected chi connectivity index (χ4v) is 4.44. The third kappa shape index (κ3) is 4.64. The Morgan fingerprint density at radius 3 is 2.74 bits per heavy atom. The molecule has 1 unspecified atom stereocenters. The van der Waals surface area contributed by atoms with Gasteiger partial charge in [0.2, 0.25) is 0 Å². The van der Waals surface area contributed by atoms with Crippen molar-refractivity contribution >= 4 is 23.2 Å². The number of aryl methyl sites for hydroxylation is 1. The molecule has 1 N–H and O–H groups in total. The summed E-state index contributed by atoms with van der Waals surface area (Å²) in [5, 5.41) is 2.80. The highest BCUT2D eigenvalue weighted by molar-refractivity contribution is 6.04. The number of benzene rings is 3. The zero-order valence-corrected chi connectivity index (χ0v) is 19.9. The Labute approximate surface area is 203 Å². The number of rotatable bonds is 2. The van der Waals surface area contributed by atoms with Crippen LogP contribution in [0.5, 0.6) is 17.2 Å². The second-order valence-corrected chi connectivity index (χ2v) is 8.80. The number of fused-ring (bicyclic) bond motifs is 2. The van der Waals surface area contributed by atoms with E-state index in [1.807, 2.05) is 50.2 Å². The van der Waals surface area contributed by atoms with Crippen molar-refractivity contribution in [3.8, 4) is 17.2 Å². The Morgan fingerprint density at radius 2 is 1.97 bits per heavy atom.